The second kappa shape index (κ2) is 5.42. The number of aromatic nitrogens is 2. The topological polar surface area (TPSA) is 75.3 Å². The molecular weight excluding hydrogens is 238 g/mol. The second-order valence-corrected chi connectivity index (χ2v) is 5.09. The number of anilines is 1. The van der Waals surface area contributed by atoms with Gasteiger partial charge in [-0.15, -0.1) is 10.2 Å². The molecule has 0 aromatic carbocycles. The molecule has 1 aliphatic heterocycles. The lowest BCUT2D eigenvalue weighted by molar-refractivity contribution is 0.0636. The number of nitrogen functional groups attached to an aromatic ring is 1. The minimum absolute atomic E-state index is 0.0460. The molecule has 0 radical (unpaired) electrons. The van der Waals surface area contributed by atoms with Crippen molar-refractivity contribution in [2.45, 2.75) is 13.3 Å². The van der Waals surface area contributed by atoms with Crippen LogP contribution in [-0.2, 0) is 0 Å². The minimum atomic E-state index is -0.0460. The molecule has 1 aromatic heterocycles. The van der Waals surface area contributed by atoms with Crippen molar-refractivity contribution in [3.05, 3.63) is 5.01 Å². The molecule has 0 atom stereocenters. The van der Waals surface area contributed by atoms with Gasteiger partial charge in [-0.1, -0.05) is 18.3 Å². The standard InChI is InChI=1S/C10H17N5OS/c1-2-3-14-4-6-15(7-5-14)9(16)8-12-13-10(11)17-8/h2-7H2,1H3,(H2,11,13). The maximum absolute atomic E-state index is 12.0. The Morgan fingerprint density at radius 3 is 2.59 bits per heavy atom. The maximum atomic E-state index is 12.0. The van der Waals surface area contributed by atoms with E-state index >= 15 is 0 Å². The number of hydrogen-bond donors (Lipinski definition) is 1. The van der Waals surface area contributed by atoms with Crippen molar-refractivity contribution in [1.82, 2.24) is 20.0 Å². The third kappa shape index (κ3) is 2.92. The first-order valence-corrected chi connectivity index (χ1v) is 6.63. The molecule has 94 valence electrons. The van der Waals surface area contributed by atoms with Gasteiger partial charge in [-0.25, -0.2) is 0 Å². The molecule has 0 unspecified atom stereocenters. The Balaban J connectivity index is 1.90. The molecule has 1 amide bonds. The molecule has 7 heteroatoms. The van der Waals surface area contributed by atoms with Crippen molar-refractivity contribution in [3.8, 4) is 0 Å². The fourth-order valence-electron chi connectivity index (χ4n) is 1.95. The van der Waals surface area contributed by atoms with Gasteiger partial charge in [0.05, 0.1) is 0 Å². The predicted molar refractivity (Wildman–Crippen MR) is 67.0 cm³/mol. The van der Waals surface area contributed by atoms with Crippen LogP contribution in [0.4, 0.5) is 5.13 Å². The summed E-state index contributed by atoms with van der Waals surface area (Å²) >= 11 is 1.15. The Kier molecular flexibility index (Phi) is 3.90. The first-order chi connectivity index (χ1) is 8.20. The number of hydrogen-bond acceptors (Lipinski definition) is 6. The normalized spacial score (nSPS) is 17.4. The molecule has 0 spiro atoms. The van der Waals surface area contributed by atoms with E-state index in [0.717, 1.165) is 50.5 Å². The van der Waals surface area contributed by atoms with Gasteiger partial charge in [-0.3, -0.25) is 9.69 Å². The minimum Gasteiger partial charge on any atom is -0.374 e. The Morgan fingerprint density at radius 2 is 2.06 bits per heavy atom. The highest BCUT2D eigenvalue weighted by Crippen LogP contribution is 2.14. The molecule has 1 saturated heterocycles. The van der Waals surface area contributed by atoms with Crippen molar-refractivity contribution < 1.29 is 4.79 Å². The number of rotatable bonds is 3. The van der Waals surface area contributed by atoms with Crippen molar-refractivity contribution in [1.29, 1.82) is 0 Å². The monoisotopic (exact) mass is 255 g/mol. The third-order valence-corrected chi connectivity index (χ3v) is 3.56. The van der Waals surface area contributed by atoms with Crippen LogP contribution in [0.15, 0.2) is 0 Å². The molecule has 0 aliphatic carbocycles. The van der Waals surface area contributed by atoms with E-state index in [1.54, 1.807) is 0 Å². The molecule has 6 nitrogen and oxygen atoms in total. The van der Waals surface area contributed by atoms with E-state index in [9.17, 15) is 4.79 Å². The number of nitrogens with two attached hydrogens (primary N) is 1. The summed E-state index contributed by atoms with van der Waals surface area (Å²) in [6, 6.07) is 0. The van der Waals surface area contributed by atoms with Gasteiger partial charge in [-0.2, -0.15) is 0 Å². The number of carbonyl (C=O) groups excluding carboxylic acids is 1. The van der Waals surface area contributed by atoms with Crippen LogP contribution < -0.4 is 5.73 Å². The molecule has 2 heterocycles. The average Bonchev–Trinajstić information content (AvgIpc) is 2.76. The number of piperazine rings is 1. The lowest BCUT2D eigenvalue weighted by Crippen LogP contribution is -2.48. The van der Waals surface area contributed by atoms with Crippen LogP contribution in [0, 0.1) is 0 Å². The van der Waals surface area contributed by atoms with Gasteiger partial charge < -0.3 is 10.6 Å². The van der Waals surface area contributed by atoms with Gasteiger partial charge in [0, 0.05) is 26.2 Å². The third-order valence-electron chi connectivity index (χ3n) is 2.82. The highest BCUT2D eigenvalue weighted by Gasteiger charge is 2.23. The highest BCUT2D eigenvalue weighted by molar-refractivity contribution is 7.16. The lowest BCUT2D eigenvalue weighted by atomic mass is 10.3. The molecule has 2 N–H and O–H groups in total. The Hall–Kier alpha value is -1.21. The fourth-order valence-corrected chi connectivity index (χ4v) is 2.52. The molecule has 1 aromatic rings. The Bertz CT molecular complexity index is 386. The number of carbonyl (C=O) groups is 1. The van der Waals surface area contributed by atoms with E-state index in [1.165, 1.54) is 0 Å². The quantitative estimate of drug-likeness (QED) is 0.840. The largest absolute Gasteiger partial charge is 0.374 e. The summed E-state index contributed by atoms with van der Waals surface area (Å²) in [4.78, 5) is 16.2. The van der Waals surface area contributed by atoms with E-state index in [4.69, 9.17) is 5.73 Å². The zero-order valence-electron chi connectivity index (χ0n) is 9.93. The SMILES string of the molecule is CCCN1CCN(C(=O)c2nnc(N)s2)CC1. The summed E-state index contributed by atoms with van der Waals surface area (Å²) in [5.74, 6) is -0.0460. The Labute approximate surface area is 104 Å². The van der Waals surface area contributed by atoms with Gasteiger partial charge >= 0.3 is 0 Å². The fraction of sp³-hybridized carbons (Fsp3) is 0.700. The van der Waals surface area contributed by atoms with Crippen LogP contribution in [0.25, 0.3) is 0 Å². The Morgan fingerprint density at radius 1 is 1.35 bits per heavy atom. The van der Waals surface area contributed by atoms with Crippen molar-refractivity contribution >= 4 is 22.4 Å². The summed E-state index contributed by atoms with van der Waals surface area (Å²) in [5, 5.41) is 8.19. The van der Waals surface area contributed by atoms with Crippen molar-refractivity contribution in [2.24, 2.45) is 0 Å². The summed E-state index contributed by atoms with van der Waals surface area (Å²) in [7, 11) is 0. The average molecular weight is 255 g/mol. The van der Waals surface area contributed by atoms with Crippen LogP contribution in [0.1, 0.15) is 23.1 Å². The molecule has 1 aliphatic rings. The molecule has 0 saturated carbocycles. The summed E-state index contributed by atoms with van der Waals surface area (Å²) in [6.45, 7) is 6.67. The number of amides is 1. The van der Waals surface area contributed by atoms with Gasteiger partial charge in [-0.05, 0) is 13.0 Å². The molecule has 17 heavy (non-hydrogen) atoms. The predicted octanol–water partition coefficient (Wildman–Crippen LogP) is 0.288. The summed E-state index contributed by atoms with van der Waals surface area (Å²) in [6.07, 6.45) is 1.15. The zero-order valence-corrected chi connectivity index (χ0v) is 10.7. The summed E-state index contributed by atoms with van der Waals surface area (Å²) in [5.41, 5.74) is 5.47. The number of nitrogens with zero attached hydrogens (tertiary/aromatic N) is 4. The van der Waals surface area contributed by atoms with Gasteiger partial charge in [0.15, 0.2) is 0 Å². The van der Waals surface area contributed by atoms with Crippen molar-refractivity contribution in [3.63, 3.8) is 0 Å². The highest BCUT2D eigenvalue weighted by atomic mass is 32.1. The second-order valence-electron chi connectivity index (χ2n) is 4.08. The van der Waals surface area contributed by atoms with E-state index in [-0.39, 0.29) is 5.91 Å². The van der Waals surface area contributed by atoms with Crippen molar-refractivity contribution in [2.75, 3.05) is 38.5 Å². The lowest BCUT2D eigenvalue weighted by Gasteiger charge is -2.33. The van der Waals surface area contributed by atoms with Crippen LogP contribution in [0.2, 0.25) is 0 Å². The smallest absolute Gasteiger partial charge is 0.284 e. The van der Waals surface area contributed by atoms with Gasteiger partial charge in [0.25, 0.3) is 5.91 Å². The molecule has 0 bridgehead atoms. The van der Waals surface area contributed by atoms with Crippen LogP contribution in [0.3, 0.4) is 0 Å². The van der Waals surface area contributed by atoms with Gasteiger partial charge in [0.2, 0.25) is 10.1 Å². The molecule has 1 fully saturated rings. The first-order valence-electron chi connectivity index (χ1n) is 5.81. The zero-order chi connectivity index (χ0) is 12.3. The van der Waals surface area contributed by atoms with E-state index in [2.05, 4.69) is 22.0 Å². The molecular formula is C10H17N5OS. The van der Waals surface area contributed by atoms with Gasteiger partial charge in [0.1, 0.15) is 0 Å². The maximum Gasteiger partial charge on any atom is 0.284 e. The molecule has 2 rings (SSSR count). The van der Waals surface area contributed by atoms with Crippen LogP contribution in [0.5, 0.6) is 0 Å². The van der Waals surface area contributed by atoms with E-state index in [0.29, 0.717) is 10.1 Å². The van der Waals surface area contributed by atoms with Crippen LogP contribution >= 0.6 is 11.3 Å². The van der Waals surface area contributed by atoms with E-state index in [1.807, 2.05) is 4.90 Å². The first kappa shape index (κ1) is 12.3. The summed E-state index contributed by atoms with van der Waals surface area (Å²) < 4.78 is 0. The van der Waals surface area contributed by atoms with E-state index < -0.39 is 0 Å². The van der Waals surface area contributed by atoms with Crippen LogP contribution in [-0.4, -0.2) is 58.6 Å².